The second-order valence-electron chi connectivity index (χ2n) is 5.08. The molecule has 1 heterocycles. The molecule has 0 fully saturated rings. The Kier molecular flexibility index (Phi) is 4.61. The number of amides is 1. The van der Waals surface area contributed by atoms with Crippen molar-refractivity contribution in [3.8, 4) is 0 Å². The highest BCUT2D eigenvalue weighted by atomic mass is 32.1. The van der Waals surface area contributed by atoms with Gasteiger partial charge in [0.15, 0.2) is 6.04 Å². The van der Waals surface area contributed by atoms with Gasteiger partial charge in [0, 0.05) is 10.3 Å². The van der Waals surface area contributed by atoms with Crippen LogP contribution in [0.5, 0.6) is 0 Å². The van der Waals surface area contributed by atoms with Crippen LogP contribution in [0.25, 0.3) is 0 Å². The highest BCUT2D eigenvalue weighted by molar-refractivity contribution is 7.10. The van der Waals surface area contributed by atoms with Gasteiger partial charge in [0.2, 0.25) is 0 Å². The molecule has 0 spiro atoms. The minimum atomic E-state index is -1.22. The van der Waals surface area contributed by atoms with Crippen molar-refractivity contribution in [3.05, 3.63) is 56.5 Å². The van der Waals surface area contributed by atoms with Crippen molar-refractivity contribution in [2.45, 2.75) is 26.8 Å². The van der Waals surface area contributed by atoms with E-state index >= 15 is 0 Å². The number of thiophene rings is 1. The van der Waals surface area contributed by atoms with E-state index in [2.05, 4.69) is 5.32 Å². The number of aliphatic carboxylic acids is 1. The zero-order chi connectivity index (χ0) is 16.4. The summed E-state index contributed by atoms with van der Waals surface area (Å²) in [4.78, 5) is 24.7. The van der Waals surface area contributed by atoms with Gasteiger partial charge in [-0.3, -0.25) is 4.79 Å². The molecule has 4 nitrogen and oxygen atoms in total. The molecule has 2 rings (SSSR count). The summed E-state index contributed by atoms with van der Waals surface area (Å²) in [6.45, 7) is 5.26. The molecule has 0 saturated heterocycles. The smallest absolute Gasteiger partial charge is 0.330 e. The molecule has 6 heteroatoms. The first-order chi connectivity index (χ1) is 10.3. The Morgan fingerprint density at radius 2 is 1.95 bits per heavy atom. The van der Waals surface area contributed by atoms with E-state index in [-0.39, 0.29) is 0 Å². The molecule has 1 atom stereocenters. The van der Waals surface area contributed by atoms with Gasteiger partial charge in [-0.2, -0.15) is 0 Å². The van der Waals surface area contributed by atoms with Gasteiger partial charge in [0.1, 0.15) is 5.82 Å². The lowest BCUT2D eigenvalue weighted by atomic mass is 10.0. The molecule has 0 aliphatic heterocycles. The predicted octanol–water partition coefficient (Wildman–Crippen LogP) is 3.37. The zero-order valence-corrected chi connectivity index (χ0v) is 13.3. The van der Waals surface area contributed by atoms with Crippen LogP contribution in [0.1, 0.15) is 38.0 Å². The van der Waals surface area contributed by atoms with Gasteiger partial charge in [0.25, 0.3) is 5.91 Å². The molecule has 0 bridgehead atoms. The van der Waals surface area contributed by atoms with E-state index in [4.69, 9.17) is 0 Å². The molecule has 0 aliphatic carbocycles. The van der Waals surface area contributed by atoms with Crippen LogP contribution < -0.4 is 5.32 Å². The van der Waals surface area contributed by atoms with Crippen LogP contribution in [0, 0.1) is 26.6 Å². The van der Waals surface area contributed by atoms with Gasteiger partial charge in [-0.05, 0) is 43.5 Å². The number of carboxylic acid groups (broad SMARTS) is 1. The molecular formula is C16H16FNO3S. The molecule has 116 valence electrons. The molecule has 1 aromatic carbocycles. The molecule has 1 unspecified atom stereocenters. The largest absolute Gasteiger partial charge is 0.479 e. The lowest BCUT2D eigenvalue weighted by molar-refractivity contribution is -0.139. The van der Waals surface area contributed by atoms with E-state index in [1.54, 1.807) is 12.3 Å². The van der Waals surface area contributed by atoms with E-state index in [1.807, 2.05) is 13.8 Å². The van der Waals surface area contributed by atoms with Gasteiger partial charge in [-0.1, -0.05) is 12.1 Å². The van der Waals surface area contributed by atoms with Crippen LogP contribution in [-0.2, 0) is 4.79 Å². The number of carbonyl (C=O) groups is 2. The maximum absolute atomic E-state index is 13.3. The van der Waals surface area contributed by atoms with Gasteiger partial charge in [-0.15, -0.1) is 11.3 Å². The average Bonchev–Trinajstić information content (AvgIpc) is 2.79. The summed E-state index contributed by atoms with van der Waals surface area (Å²) in [6.07, 6.45) is 0. The summed E-state index contributed by atoms with van der Waals surface area (Å²) in [6, 6.07) is 2.78. The van der Waals surface area contributed by atoms with Gasteiger partial charge < -0.3 is 10.4 Å². The molecule has 1 aromatic heterocycles. The predicted molar refractivity (Wildman–Crippen MR) is 82.8 cm³/mol. The number of carboxylic acids is 1. The van der Waals surface area contributed by atoms with Crippen LogP contribution in [0.2, 0.25) is 0 Å². The van der Waals surface area contributed by atoms with E-state index in [9.17, 15) is 19.1 Å². The summed E-state index contributed by atoms with van der Waals surface area (Å²) in [5.41, 5.74) is 1.97. The summed E-state index contributed by atoms with van der Waals surface area (Å²) in [5, 5.41) is 13.6. The van der Waals surface area contributed by atoms with Crippen LogP contribution in [0.4, 0.5) is 4.39 Å². The van der Waals surface area contributed by atoms with Crippen molar-refractivity contribution >= 4 is 23.2 Å². The highest BCUT2D eigenvalue weighted by Gasteiger charge is 2.24. The van der Waals surface area contributed by atoms with Gasteiger partial charge >= 0.3 is 5.97 Å². The minimum Gasteiger partial charge on any atom is -0.479 e. The molecule has 2 aromatic rings. The summed E-state index contributed by atoms with van der Waals surface area (Å²) < 4.78 is 13.3. The summed E-state index contributed by atoms with van der Waals surface area (Å²) in [5.74, 6) is -2.05. The Hall–Kier alpha value is -2.21. The van der Waals surface area contributed by atoms with Crippen LogP contribution in [-0.4, -0.2) is 17.0 Å². The second kappa shape index (κ2) is 6.27. The van der Waals surface area contributed by atoms with Gasteiger partial charge in [0.05, 0.1) is 5.56 Å². The van der Waals surface area contributed by atoms with Crippen LogP contribution in [0.15, 0.2) is 23.6 Å². The van der Waals surface area contributed by atoms with E-state index in [0.29, 0.717) is 16.7 Å². The Morgan fingerprint density at radius 3 is 2.45 bits per heavy atom. The van der Waals surface area contributed by atoms with Crippen molar-refractivity contribution in [3.63, 3.8) is 0 Å². The molecule has 0 aliphatic rings. The van der Waals surface area contributed by atoms with Crippen LogP contribution >= 0.6 is 11.3 Å². The Balaban J connectivity index is 2.29. The van der Waals surface area contributed by atoms with Crippen molar-refractivity contribution in [1.82, 2.24) is 5.32 Å². The van der Waals surface area contributed by atoms with Crippen molar-refractivity contribution in [2.24, 2.45) is 0 Å². The number of halogens is 1. The fourth-order valence-corrected chi connectivity index (χ4v) is 2.95. The number of nitrogens with one attached hydrogen (secondary N) is 1. The van der Waals surface area contributed by atoms with Gasteiger partial charge in [-0.25, -0.2) is 9.18 Å². The third kappa shape index (κ3) is 3.17. The molecule has 0 radical (unpaired) electrons. The second-order valence-corrected chi connectivity index (χ2v) is 6.17. The molecule has 0 saturated carbocycles. The lowest BCUT2D eigenvalue weighted by Gasteiger charge is -2.15. The summed E-state index contributed by atoms with van der Waals surface area (Å²) in [7, 11) is 0. The third-order valence-electron chi connectivity index (χ3n) is 3.57. The van der Waals surface area contributed by atoms with Crippen LogP contribution in [0.3, 0.4) is 0 Å². The number of rotatable bonds is 4. The average molecular weight is 321 g/mol. The third-order valence-corrected chi connectivity index (χ3v) is 4.58. The van der Waals surface area contributed by atoms with E-state index in [0.717, 1.165) is 10.4 Å². The minimum absolute atomic E-state index is 0.334. The molecular weight excluding hydrogens is 305 g/mol. The SMILES string of the molecule is Cc1cc(C(NC(=O)c2csc(C)c2C)C(=O)O)ccc1F. The van der Waals surface area contributed by atoms with E-state index in [1.165, 1.54) is 29.5 Å². The highest BCUT2D eigenvalue weighted by Crippen LogP contribution is 2.22. The van der Waals surface area contributed by atoms with Crippen molar-refractivity contribution in [2.75, 3.05) is 0 Å². The number of hydrogen-bond acceptors (Lipinski definition) is 3. The number of carbonyl (C=O) groups excluding carboxylic acids is 1. The number of benzene rings is 1. The number of hydrogen-bond donors (Lipinski definition) is 2. The first kappa shape index (κ1) is 16.2. The Bertz CT molecular complexity index is 739. The lowest BCUT2D eigenvalue weighted by Crippen LogP contribution is -2.34. The van der Waals surface area contributed by atoms with E-state index < -0.39 is 23.7 Å². The topological polar surface area (TPSA) is 66.4 Å². The fourth-order valence-electron chi connectivity index (χ4n) is 2.08. The molecule has 2 N–H and O–H groups in total. The normalized spacial score (nSPS) is 12.0. The maximum atomic E-state index is 13.3. The first-order valence-electron chi connectivity index (χ1n) is 6.65. The zero-order valence-electron chi connectivity index (χ0n) is 12.4. The maximum Gasteiger partial charge on any atom is 0.330 e. The Labute approximate surface area is 131 Å². The Morgan fingerprint density at radius 1 is 1.27 bits per heavy atom. The first-order valence-corrected chi connectivity index (χ1v) is 7.53. The van der Waals surface area contributed by atoms with Crippen molar-refractivity contribution in [1.29, 1.82) is 0 Å². The molecule has 22 heavy (non-hydrogen) atoms. The fraction of sp³-hybridized carbons (Fsp3) is 0.250. The standard InChI is InChI=1S/C16H16FNO3S/c1-8-6-11(4-5-13(8)17)14(16(20)21)18-15(19)12-7-22-10(3)9(12)2/h4-7,14H,1-3H3,(H,18,19)(H,20,21). The quantitative estimate of drug-likeness (QED) is 0.907. The monoisotopic (exact) mass is 321 g/mol. The number of aryl methyl sites for hydroxylation is 2. The van der Waals surface area contributed by atoms with Crippen molar-refractivity contribution < 1.29 is 19.1 Å². The molecule has 1 amide bonds. The summed E-state index contributed by atoms with van der Waals surface area (Å²) >= 11 is 1.44.